The van der Waals surface area contributed by atoms with E-state index in [-0.39, 0.29) is 5.91 Å². The second-order valence-electron chi connectivity index (χ2n) is 10.6. The number of likely N-dealkylation sites (tertiary alicyclic amines) is 1. The molecule has 11 heteroatoms. The number of aromatic nitrogens is 4. The fourth-order valence-corrected chi connectivity index (χ4v) is 6.69. The van der Waals surface area contributed by atoms with Crippen molar-refractivity contribution in [2.24, 2.45) is 13.0 Å². The van der Waals surface area contributed by atoms with Crippen LogP contribution >= 0.6 is 11.8 Å². The molecular weight excluding hydrogens is 525 g/mol. The number of hydrogen-bond acceptors (Lipinski definition) is 6. The first kappa shape index (κ1) is 27.6. The van der Waals surface area contributed by atoms with Gasteiger partial charge in [0.1, 0.15) is 11.4 Å². The summed E-state index contributed by atoms with van der Waals surface area (Å²) < 4.78 is 40.7. The number of alkyl halides is 3. The van der Waals surface area contributed by atoms with Crippen molar-refractivity contribution >= 4 is 17.7 Å². The smallest absolute Gasteiger partial charge is 0.343 e. The molecule has 1 saturated carbocycles. The van der Waals surface area contributed by atoms with Gasteiger partial charge in [0.25, 0.3) is 5.91 Å². The van der Waals surface area contributed by atoms with Crippen LogP contribution in [-0.4, -0.2) is 74.4 Å². The van der Waals surface area contributed by atoms with Gasteiger partial charge in [-0.1, -0.05) is 30.0 Å². The number of fused-ring (bicyclic) bond motifs is 1. The van der Waals surface area contributed by atoms with Gasteiger partial charge in [0, 0.05) is 32.9 Å². The van der Waals surface area contributed by atoms with Crippen molar-refractivity contribution in [3.05, 3.63) is 59.3 Å². The molecule has 5 rings (SSSR count). The molecule has 3 heterocycles. The van der Waals surface area contributed by atoms with Gasteiger partial charge >= 0.3 is 6.18 Å². The summed E-state index contributed by atoms with van der Waals surface area (Å²) in [5, 5.41) is 9.47. The lowest BCUT2D eigenvalue weighted by atomic mass is 9.94. The second-order valence-corrected chi connectivity index (χ2v) is 11.7. The summed E-state index contributed by atoms with van der Waals surface area (Å²) in [7, 11) is 5.30. The molecule has 0 spiro atoms. The largest absolute Gasteiger partial charge is 0.416 e. The molecule has 2 fully saturated rings. The molecule has 0 bridgehead atoms. The van der Waals surface area contributed by atoms with Gasteiger partial charge in [-0.25, -0.2) is 4.98 Å². The van der Waals surface area contributed by atoms with Crippen molar-refractivity contribution < 1.29 is 18.0 Å². The zero-order valence-electron chi connectivity index (χ0n) is 22.4. The Bertz CT molecular complexity index is 1310. The van der Waals surface area contributed by atoms with Crippen LogP contribution in [0.15, 0.2) is 47.6 Å². The zero-order chi connectivity index (χ0) is 27.7. The van der Waals surface area contributed by atoms with E-state index >= 15 is 0 Å². The number of nitrogens with zero attached hydrogens (tertiary/aromatic N) is 6. The average Bonchev–Trinajstić information content (AvgIpc) is 3.61. The van der Waals surface area contributed by atoms with E-state index in [1.807, 2.05) is 17.7 Å². The minimum Gasteiger partial charge on any atom is -0.343 e. The van der Waals surface area contributed by atoms with E-state index in [2.05, 4.69) is 20.1 Å². The van der Waals surface area contributed by atoms with Crippen LogP contribution in [0.4, 0.5) is 13.2 Å². The van der Waals surface area contributed by atoms with E-state index in [1.165, 1.54) is 17.0 Å². The van der Waals surface area contributed by atoms with E-state index in [0.717, 1.165) is 55.2 Å². The second kappa shape index (κ2) is 11.3. The highest BCUT2D eigenvalue weighted by Crippen LogP contribution is 2.46. The molecule has 1 saturated heterocycles. The third-order valence-corrected chi connectivity index (χ3v) is 8.99. The molecule has 1 aliphatic heterocycles. The zero-order valence-corrected chi connectivity index (χ0v) is 23.2. The Morgan fingerprint density at radius 2 is 1.87 bits per heavy atom. The first-order valence-electron chi connectivity index (χ1n) is 13.2. The van der Waals surface area contributed by atoms with Crippen LogP contribution in [0.5, 0.6) is 0 Å². The summed E-state index contributed by atoms with van der Waals surface area (Å²) in [6.07, 6.45) is -0.0624. The number of carbonyl (C=O) groups excluding carboxylic acids is 1. The molecule has 2 aliphatic rings. The van der Waals surface area contributed by atoms with E-state index < -0.39 is 11.7 Å². The highest BCUT2D eigenvalue weighted by molar-refractivity contribution is 7.99. The van der Waals surface area contributed by atoms with Crippen LogP contribution in [0.3, 0.4) is 0 Å². The number of halogens is 3. The van der Waals surface area contributed by atoms with Crippen LogP contribution in [0.25, 0.3) is 11.5 Å². The first-order valence-corrected chi connectivity index (χ1v) is 14.2. The minimum atomic E-state index is -4.29. The van der Waals surface area contributed by atoms with Crippen molar-refractivity contribution in [1.82, 2.24) is 29.5 Å². The number of amides is 1. The predicted molar refractivity (Wildman–Crippen MR) is 144 cm³/mol. The summed E-state index contributed by atoms with van der Waals surface area (Å²) in [6.45, 7) is 2.08. The maximum absolute atomic E-state index is 12.9. The number of thioether (sulfide) groups is 1. The Labute approximate surface area is 230 Å². The van der Waals surface area contributed by atoms with Gasteiger partial charge < -0.3 is 14.4 Å². The molecule has 39 heavy (non-hydrogen) atoms. The van der Waals surface area contributed by atoms with E-state index in [0.29, 0.717) is 35.1 Å². The van der Waals surface area contributed by atoms with Crippen LogP contribution in [0.1, 0.15) is 53.2 Å². The average molecular weight is 559 g/mol. The molecule has 0 N–H and O–H groups in total. The summed E-state index contributed by atoms with van der Waals surface area (Å²) in [5.41, 5.74) is 1.42. The van der Waals surface area contributed by atoms with Crippen LogP contribution in [0, 0.1) is 5.92 Å². The van der Waals surface area contributed by atoms with E-state index in [4.69, 9.17) is 0 Å². The molecule has 1 amide bonds. The lowest BCUT2D eigenvalue weighted by Crippen LogP contribution is -2.31. The molecule has 3 atom stereocenters. The molecule has 1 aliphatic carbocycles. The molecule has 1 aromatic carbocycles. The number of rotatable bonds is 8. The fourth-order valence-electron chi connectivity index (χ4n) is 5.85. The number of carbonyl (C=O) groups is 1. The van der Waals surface area contributed by atoms with Crippen molar-refractivity contribution in [2.45, 2.75) is 49.0 Å². The van der Waals surface area contributed by atoms with Gasteiger partial charge in [0.2, 0.25) is 0 Å². The van der Waals surface area contributed by atoms with Gasteiger partial charge in [0.05, 0.1) is 5.56 Å². The molecule has 2 aromatic heterocycles. The van der Waals surface area contributed by atoms with Gasteiger partial charge in [-0.3, -0.25) is 4.79 Å². The van der Waals surface area contributed by atoms with Gasteiger partial charge in [-0.2, -0.15) is 13.2 Å². The van der Waals surface area contributed by atoms with Gasteiger partial charge in [0.15, 0.2) is 11.0 Å². The topological polar surface area (TPSA) is 67.2 Å². The Balaban J connectivity index is 1.13. The lowest BCUT2D eigenvalue weighted by Gasteiger charge is -2.24. The fraction of sp³-hybridized carbons (Fsp3) is 0.500. The summed E-state index contributed by atoms with van der Waals surface area (Å²) >= 11 is 1.66. The number of hydrogen-bond donors (Lipinski definition) is 0. The highest BCUT2D eigenvalue weighted by Gasteiger charge is 2.42. The van der Waals surface area contributed by atoms with Crippen molar-refractivity contribution in [1.29, 1.82) is 0 Å². The number of benzene rings is 1. The lowest BCUT2D eigenvalue weighted by molar-refractivity contribution is -0.137. The van der Waals surface area contributed by atoms with Crippen molar-refractivity contribution in [2.75, 3.05) is 32.9 Å². The predicted octanol–water partition coefficient (Wildman–Crippen LogP) is 5.35. The van der Waals surface area contributed by atoms with Gasteiger partial charge in [-0.05, 0) is 80.4 Å². The van der Waals surface area contributed by atoms with Crippen molar-refractivity contribution in [3.8, 4) is 11.5 Å². The maximum atomic E-state index is 12.9. The Morgan fingerprint density at radius 1 is 1.10 bits per heavy atom. The first-order chi connectivity index (χ1) is 18.6. The SMILES string of the molecule is CN(C)C(=O)c1cccc(-c2nnc(SCCCN3CCC4C[C@H](c5ccc(C(F)(F)F)cc5)CC43)n2C)n1. The normalized spacial score (nSPS) is 21.3. The Kier molecular flexibility index (Phi) is 8.00. The molecular formula is C28H33F3N6OS. The van der Waals surface area contributed by atoms with Crippen molar-refractivity contribution in [3.63, 3.8) is 0 Å². The third kappa shape index (κ3) is 5.99. The molecule has 208 valence electrons. The minimum absolute atomic E-state index is 0.161. The molecule has 0 radical (unpaired) electrons. The standard InChI is InChI=1S/C28H33F3N6OS/c1-35(2)26(38)23-7-4-6-22(32-23)25-33-34-27(36(25)3)39-15-5-13-37-14-12-19-16-20(17-24(19)37)18-8-10-21(11-9-18)28(29,30)31/h4,6-11,19-20,24H,5,12-17H2,1-3H3/t19?,20-,24?/m0/s1. The third-order valence-electron chi connectivity index (χ3n) is 7.88. The quantitative estimate of drug-likeness (QED) is 0.274. The van der Waals surface area contributed by atoms with Crippen LogP contribution < -0.4 is 0 Å². The van der Waals surface area contributed by atoms with Gasteiger partial charge in [-0.15, -0.1) is 10.2 Å². The molecule has 3 aromatic rings. The van der Waals surface area contributed by atoms with E-state index in [1.54, 1.807) is 50.1 Å². The van der Waals surface area contributed by atoms with Crippen LogP contribution in [0.2, 0.25) is 0 Å². The van der Waals surface area contributed by atoms with E-state index in [9.17, 15) is 18.0 Å². The molecule has 2 unspecified atom stereocenters. The summed E-state index contributed by atoms with van der Waals surface area (Å²) in [6, 6.07) is 11.6. The molecule has 7 nitrogen and oxygen atoms in total. The summed E-state index contributed by atoms with van der Waals surface area (Å²) in [4.78, 5) is 20.8. The van der Waals surface area contributed by atoms with Crippen LogP contribution in [-0.2, 0) is 13.2 Å². The monoisotopic (exact) mass is 558 g/mol. The number of pyridine rings is 1. The highest BCUT2D eigenvalue weighted by atomic mass is 32.2. The Morgan fingerprint density at radius 3 is 2.59 bits per heavy atom. The Hall–Kier alpha value is -2.92. The maximum Gasteiger partial charge on any atom is 0.416 e. The summed E-state index contributed by atoms with van der Waals surface area (Å²) in [5.74, 6) is 2.30.